The number of carbonyl (C=O) groups is 6. The Labute approximate surface area is 305 Å². The summed E-state index contributed by atoms with van der Waals surface area (Å²) >= 11 is 0. The first-order valence-electron chi connectivity index (χ1n) is 18.1. The minimum absolute atomic E-state index is 0.0491. The summed E-state index contributed by atoms with van der Waals surface area (Å²) in [6.45, 7) is 6.59. The van der Waals surface area contributed by atoms with Gasteiger partial charge in [-0.3, -0.25) is 29.0 Å². The van der Waals surface area contributed by atoms with Gasteiger partial charge in [0.1, 0.15) is 30.3 Å². The van der Waals surface area contributed by atoms with Gasteiger partial charge in [0.15, 0.2) is 5.96 Å². The highest BCUT2D eigenvalue weighted by atomic mass is 16.5. The molecule has 1 aliphatic carbocycles. The van der Waals surface area contributed by atoms with Crippen LogP contribution < -0.4 is 32.7 Å². The molecule has 1 saturated carbocycles. The third-order valence-corrected chi connectivity index (χ3v) is 8.57. The maximum Gasteiger partial charge on any atom is 0.328 e. The Bertz CT molecular complexity index is 1330. The molecule has 16 nitrogen and oxygen atoms in total. The number of amides is 4. The first kappa shape index (κ1) is 43.4. The lowest BCUT2D eigenvalue weighted by Gasteiger charge is -2.28. The molecule has 52 heavy (non-hydrogen) atoms. The minimum Gasteiger partial charge on any atom is -0.464 e. The topological polar surface area (TPSA) is 243 Å². The van der Waals surface area contributed by atoms with E-state index in [1.54, 1.807) is 13.8 Å². The van der Waals surface area contributed by atoms with Crippen LogP contribution >= 0.6 is 0 Å². The molecule has 0 saturated heterocycles. The van der Waals surface area contributed by atoms with Crippen LogP contribution in [0.5, 0.6) is 0 Å². The van der Waals surface area contributed by atoms with Gasteiger partial charge in [-0.1, -0.05) is 57.0 Å². The molecule has 1 aromatic carbocycles. The normalized spacial score (nSPS) is 15.8. The summed E-state index contributed by atoms with van der Waals surface area (Å²) in [7, 11) is 0. The highest BCUT2D eigenvalue weighted by Crippen LogP contribution is 2.21. The number of carbonyl (C=O) groups excluding carboxylic acids is 6. The molecule has 8 N–H and O–H groups in total. The number of guanidine groups is 1. The van der Waals surface area contributed by atoms with Crippen LogP contribution in [0.3, 0.4) is 0 Å². The smallest absolute Gasteiger partial charge is 0.328 e. The van der Waals surface area contributed by atoms with Crippen molar-refractivity contribution in [3.63, 3.8) is 0 Å². The predicted octanol–water partition coefficient (Wildman–Crippen LogP) is 1.09. The lowest BCUT2D eigenvalue weighted by molar-refractivity contribution is -0.153. The Hall–Kier alpha value is -4.73. The van der Waals surface area contributed by atoms with Crippen LogP contribution in [0.4, 0.5) is 0 Å². The third-order valence-electron chi connectivity index (χ3n) is 8.57. The zero-order chi connectivity index (χ0) is 38.5. The lowest BCUT2D eigenvalue weighted by Crippen LogP contribution is -2.60. The van der Waals surface area contributed by atoms with E-state index in [9.17, 15) is 28.8 Å². The molecule has 16 heteroatoms. The Morgan fingerprint density at radius 3 is 2.12 bits per heavy atom. The number of rotatable bonds is 22. The van der Waals surface area contributed by atoms with Gasteiger partial charge >= 0.3 is 11.9 Å². The van der Waals surface area contributed by atoms with Crippen LogP contribution in [0.15, 0.2) is 35.3 Å². The second kappa shape index (κ2) is 23.7. The van der Waals surface area contributed by atoms with Crippen LogP contribution in [-0.4, -0.2) is 91.6 Å². The van der Waals surface area contributed by atoms with Gasteiger partial charge in [-0.15, -0.1) is 0 Å². The zero-order valence-electron chi connectivity index (χ0n) is 30.8. The molecule has 5 atom stereocenters. The van der Waals surface area contributed by atoms with E-state index in [4.69, 9.17) is 25.7 Å². The summed E-state index contributed by atoms with van der Waals surface area (Å²) in [5, 5.41) is 10.5. The van der Waals surface area contributed by atoms with E-state index in [-0.39, 0.29) is 50.8 Å². The standard InChI is InChI=1S/C36H57N7O9/c1-5-23(3)31(40-24(4)44)34(48)43-29(22-50-21-25-14-9-7-10-15-25)33(47)42-28(20-30(45)52-26-16-11-8-12-17-26)32(46)41-27(35(49)51-6-2)18-13-19-39-36(37)38/h7,9-10,14-15,23,26-29,31H,5-6,8,11-13,16-22H2,1-4H3,(H,40,44)(H,41,46)(H,42,47)(H,43,48)(H4,37,38,39)/t23-,27-,28-,29-,31-/m0/s1. The second-order valence-electron chi connectivity index (χ2n) is 12.9. The fourth-order valence-electron chi connectivity index (χ4n) is 5.57. The molecule has 0 aromatic heterocycles. The number of aliphatic imine (C=N–C) groups is 1. The maximum absolute atomic E-state index is 13.9. The van der Waals surface area contributed by atoms with E-state index in [1.165, 1.54) is 6.92 Å². The summed E-state index contributed by atoms with van der Waals surface area (Å²) in [4.78, 5) is 83.1. The molecule has 0 spiro atoms. The van der Waals surface area contributed by atoms with Crippen molar-refractivity contribution in [3.05, 3.63) is 35.9 Å². The summed E-state index contributed by atoms with van der Waals surface area (Å²) in [5.41, 5.74) is 11.6. The Kier molecular flexibility index (Phi) is 19.8. The lowest BCUT2D eigenvalue weighted by atomic mass is 9.97. The molecule has 0 radical (unpaired) electrons. The largest absolute Gasteiger partial charge is 0.464 e. The van der Waals surface area contributed by atoms with Crippen molar-refractivity contribution < 1.29 is 43.0 Å². The van der Waals surface area contributed by atoms with Crippen molar-refractivity contribution in [2.45, 2.75) is 122 Å². The first-order valence-corrected chi connectivity index (χ1v) is 18.1. The molecule has 4 amide bonds. The van der Waals surface area contributed by atoms with E-state index in [1.807, 2.05) is 37.3 Å². The van der Waals surface area contributed by atoms with Crippen molar-refractivity contribution in [1.29, 1.82) is 0 Å². The number of benzene rings is 1. The number of esters is 2. The number of nitrogens with two attached hydrogens (primary N) is 2. The maximum atomic E-state index is 13.9. The Morgan fingerprint density at radius 2 is 1.50 bits per heavy atom. The monoisotopic (exact) mass is 731 g/mol. The van der Waals surface area contributed by atoms with Gasteiger partial charge in [-0.25, -0.2) is 4.79 Å². The molecule has 1 aliphatic rings. The fourth-order valence-corrected chi connectivity index (χ4v) is 5.57. The van der Waals surface area contributed by atoms with E-state index in [0.29, 0.717) is 25.7 Å². The summed E-state index contributed by atoms with van der Waals surface area (Å²) in [6, 6.07) is 4.21. The molecule has 0 heterocycles. The van der Waals surface area contributed by atoms with Gasteiger partial charge in [0.05, 0.1) is 26.2 Å². The molecule has 290 valence electrons. The first-order chi connectivity index (χ1) is 24.8. The van der Waals surface area contributed by atoms with Crippen molar-refractivity contribution in [3.8, 4) is 0 Å². The average molecular weight is 732 g/mol. The molecule has 0 unspecified atom stereocenters. The van der Waals surface area contributed by atoms with Crippen LogP contribution in [0, 0.1) is 5.92 Å². The van der Waals surface area contributed by atoms with E-state index in [2.05, 4.69) is 26.3 Å². The quantitative estimate of drug-likeness (QED) is 0.0427. The number of nitrogens with zero attached hydrogens (tertiary/aromatic N) is 1. The second-order valence-corrected chi connectivity index (χ2v) is 12.9. The number of ether oxygens (including phenoxy) is 3. The molecular weight excluding hydrogens is 674 g/mol. The molecule has 0 aliphatic heterocycles. The van der Waals surface area contributed by atoms with Gasteiger partial charge in [-0.05, 0) is 56.9 Å². The molecule has 1 fully saturated rings. The third kappa shape index (κ3) is 16.5. The van der Waals surface area contributed by atoms with Crippen LogP contribution in [0.1, 0.15) is 91.0 Å². The van der Waals surface area contributed by atoms with Gasteiger partial charge < -0.3 is 46.9 Å². The number of nitrogens with one attached hydrogen (secondary N) is 4. The van der Waals surface area contributed by atoms with Gasteiger partial charge in [0.2, 0.25) is 23.6 Å². The summed E-state index contributed by atoms with van der Waals surface area (Å²) in [5.74, 6) is -4.58. The zero-order valence-corrected chi connectivity index (χ0v) is 30.8. The average Bonchev–Trinajstić information content (AvgIpc) is 3.11. The van der Waals surface area contributed by atoms with Crippen molar-refractivity contribution in [2.24, 2.45) is 22.4 Å². The molecule has 1 aromatic rings. The Morgan fingerprint density at radius 1 is 0.865 bits per heavy atom. The van der Waals surface area contributed by atoms with Gasteiger partial charge in [-0.2, -0.15) is 0 Å². The van der Waals surface area contributed by atoms with Gasteiger partial charge in [0, 0.05) is 13.5 Å². The molecule has 2 rings (SSSR count). The van der Waals surface area contributed by atoms with Crippen LogP contribution in [-0.2, 0) is 49.6 Å². The predicted molar refractivity (Wildman–Crippen MR) is 193 cm³/mol. The minimum atomic E-state index is -1.51. The highest BCUT2D eigenvalue weighted by molar-refractivity contribution is 5.96. The van der Waals surface area contributed by atoms with Crippen LogP contribution in [0.2, 0.25) is 0 Å². The highest BCUT2D eigenvalue weighted by Gasteiger charge is 2.34. The van der Waals surface area contributed by atoms with Crippen molar-refractivity contribution >= 4 is 41.5 Å². The van der Waals surface area contributed by atoms with Crippen molar-refractivity contribution in [2.75, 3.05) is 19.8 Å². The van der Waals surface area contributed by atoms with E-state index < -0.39 is 66.2 Å². The van der Waals surface area contributed by atoms with E-state index >= 15 is 0 Å². The summed E-state index contributed by atoms with van der Waals surface area (Å²) in [6.07, 6.45) is 4.31. The molecular formula is C36H57N7O9. The Balaban J connectivity index is 2.35. The number of hydrogen-bond acceptors (Lipinski definition) is 10. The SMILES string of the molecule is CCOC(=O)[C@H](CCCN=C(N)N)NC(=O)[C@H](CC(=O)OC1CCCCC1)NC(=O)[C@H](COCc1ccccc1)NC(=O)[C@@H](NC(C)=O)[C@@H](C)CC. The van der Waals surface area contributed by atoms with Gasteiger partial charge in [0.25, 0.3) is 0 Å². The van der Waals surface area contributed by atoms with Crippen molar-refractivity contribution in [1.82, 2.24) is 21.3 Å². The fraction of sp³-hybridized carbons (Fsp3) is 0.639. The summed E-state index contributed by atoms with van der Waals surface area (Å²) < 4.78 is 16.6. The van der Waals surface area contributed by atoms with E-state index in [0.717, 1.165) is 24.8 Å². The van der Waals surface area contributed by atoms with Crippen LogP contribution in [0.25, 0.3) is 0 Å². The number of hydrogen-bond donors (Lipinski definition) is 6. The molecule has 0 bridgehead atoms.